The highest BCUT2D eigenvalue weighted by molar-refractivity contribution is 5.96. The zero-order valence-electron chi connectivity index (χ0n) is 24.4. The Bertz CT molecular complexity index is 1420. The van der Waals surface area contributed by atoms with Crippen LogP contribution in [-0.2, 0) is 26.4 Å². The molecule has 0 aromatic carbocycles. The van der Waals surface area contributed by atoms with E-state index >= 15 is 0 Å². The van der Waals surface area contributed by atoms with E-state index in [9.17, 15) is 9.59 Å². The molecule has 0 saturated carbocycles. The van der Waals surface area contributed by atoms with Gasteiger partial charge in [0.25, 0.3) is 11.8 Å². The van der Waals surface area contributed by atoms with Crippen molar-refractivity contribution in [2.75, 3.05) is 16.8 Å². The number of hydrogen-bond acceptors (Lipinski definition) is 7. The highest BCUT2D eigenvalue weighted by Gasteiger charge is 2.35. The van der Waals surface area contributed by atoms with E-state index in [0.717, 1.165) is 38.8 Å². The Morgan fingerprint density at radius 2 is 2.00 bits per heavy atom. The fourth-order valence-electron chi connectivity index (χ4n) is 6.07. The molecule has 0 spiro atoms. The number of nitrogens with two attached hydrogens (primary N) is 1. The van der Waals surface area contributed by atoms with Gasteiger partial charge in [-0.15, -0.1) is 0 Å². The van der Waals surface area contributed by atoms with E-state index in [1.54, 1.807) is 12.4 Å². The Morgan fingerprint density at radius 1 is 1.23 bits per heavy atom. The van der Waals surface area contributed by atoms with Crippen LogP contribution in [0.3, 0.4) is 0 Å². The van der Waals surface area contributed by atoms with Crippen molar-refractivity contribution in [2.45, 2.75) is 78.9 Å². The molecule has 11 nitrogen and oxygen atoms in total. The number of piperidine rings is 1. The third kappa shape index (κ3) is 5.55. The number of anilines is 3. The van der Waals surface area contributed by atoms with Crippen LogP contribution in [0, 0.1) is 11.3 Å². The number of carbonyl (C=O) groups excluding carboxylic acids is 2. The van der Waals surface area contributed by atoms with Crippen molar-refractivity contribution in [3.63, 3.8) is 0 Å². The number of rotatable bonds is 8. The molecule has 1 aliphatic carbocycles. The first-order valence-electron chi connectivity index (χ1n) is 14.1. The molecule has 2 aliphatic rings. The average molecular weight is 548 g/mol. The zero-order chi connectivity index (χ0) is 28.8. The molecule has 3 aromatic rings. The topological polar surface area (TPSA) is 136 Å². The summed E-state index contributed by atoms with van der Waals surface area (Å²) in [5.41, 5.74) is 9.86. The van der Waals surface area contributed by atoms with Gasteiger partial charge in [0.2, 0.25) is 0 Å². The molecule has 4 heterocycles. The van der Waals surface area contributed by atoms with Gasteiger partial charge >= 0.3 is 0 Å². The Labute approximate surface area is 235 Å². The molecule has 2 atom stereocenters. The van der Waals surface area contributed by atoms with Gasteiger partial charge in [-0.05, 0) is 55.6 Å². The van der Waals surface area contributed by atoms with E-state index in [1.165, 1.54) is 11.3 Å². The van der Waals surface area contributed by atoms with Crippen molar-refractivity contribution in [2.24, 2.45) is 24.1 Å². The van der Waals surface area contributed by atoms with Crippen molar-refractivity contribution in [1.29, 1.82) is 0 Å². The molecule has 3 aromatic heterocycles. The molecular formula is C29H41N9O2. The summed E-state index contributed by atoms with van der Waals surface area (Å²) in [4.78, 5) is 36.8. The van der Waals surface area contributed by atoms with E-state index < -0.39 is 5.91 Å². The van der Waals surface area contributed by atoms with E-state index in [4.69, 9.17) is 10.7 Å². The van der Waals surface area contributed by atoms with Crippen LogP contribution >= 0.6 is 0 Å². The number of primary amides is 1. The van der Waals surface area contributed by atoms with Crippen LogP contribution in [-0.4, -0.2) is 54.8 Å². The van der Waals surface area contributed by atoms with Gasteiger partial charge in [0, 0.05) is 44.1 Å². The van der Waals surface area contributed by atoms with Gasteiger partial charge in [0.15, 0.2) is 11.5 Å². The van der Waals surface area contributed by atoms with Crippen molar-refractivity contribution in [3.05, 3.63) is 47.3 Å². The van der Waals surface area contributed by atoms with E-state index in [2.05, 4.69) is 70.9 Å². The zero-order valence-corrected chi connectivity index (χ0v) is 24.4. The minimum absolute atomic E-state index is 0.0286. The van der Waals surface area contributed by atoms with Crippen LogP contribution < -0.4 is 21.3 Å². The Morgan fingerprint density at radius 3 is 2.70 bits per heavy atom. The van der Waals surface area contributed by atoms with Crippen LogP contribution in [0.5, 0.6) is 0 Å². The standard InChI is InChI=1S/C29H41N9O2/c1-17(2)15-37-16-20(13-32-37)33-27-25(26(30)39)31-14-24(35-27)38-9-7-8-21(18(38)3)34-28(40)22-10-19-11-29(4,5)12-23(19)36(22)6/h10,13-14,16-18,21H,7-9,11-12,15H2,1-6H3,(H2,30,39)(H,33,35)(H,34,40)/t18-,21-/m1/s1. The van der Waals surface area contributed by atoms with Gasteiger partial charge in [0.1, 0.15) is 11.5 Å². The number of carbonyl (C=O) groups is 2. The normalized spacial score (nSPS) is 20.0. The SMILES string of the molecule is CC(C)Cn1cc(Nc2nc(N3CCC[C@@H](NC(=O)c4cc5c(n4C)CC(C)(C)C5)[C@H]3C)cnc2C(N)=O)cn1. The Kier molecular flexibility index (Phi) is 7.32. The molecule has 2 amide bonds. The maximum atomic E-state index is 13.4. The predicted octanol–water partition coefficient (Wildman–Crippen LogP) is 3.42. The summed E-state index contributed by atoms with van der Waals surface area (Å²) in [5, 5.41) is 10.8. The lowest BCUT2D eigenvalue weighted by molar-refractivity contribution is 0.0914. The van der Waals surface area contributed by atoms with Crippen LogP contribution in [0.15, 0.2) is 24.7 Å². The van der Waals surface area contributed by atoms with Crippen molar-refractivity contribution in [3.8, 4) is 0 Å². The molecule has 1 saturated heterocycles. The largest absolute Gasteiger partial charge is 0.364 e. The highest BCUT2D eigenvalue weighted by atomic mass is 16.2. The van der Waals surface area contributed by atoms with Gasteiger partial charge in [-0.1, -0.05) is 27.7 Å². The third-order valence-corrected chi connectivity index (χ3v) is 8.04. The number of nitrogens with zero attached hydrogens (tertiary/aromatic N) is 6. The van der Waals surface area contributed by atoms with Gasteiger partial charge in [-0.2, -0.15) is 5.10 Å². The second-order valence-electron chi connectivity index (χ2n) is 12.5. The minimum atomic E-state index is -0.661. The van der Waals surface area contributed by atoms with E-state index in [0.29, 0.717) is 23.1 Å². The average Bonchev–Trinajstić information content (AvgIpc) is 3.52. The summed E-state index contributed by atoms with van der Waals surface area (Å²) in [7, 11) is 1.99. The number of fused-ring (bicyclic) bond motifs is 1. The first-order chi connectivity index (χ1) is 18.9. The van der Waals surface area contributed by atoms with E-state index in [-0.39, 0.29) is 34.9 Å². The molecule has 11 heteroatoms. The molecule has 0 radical (unpaired) electrons. The maximum Gasteiger partial charge on any atom is 0.271 e. The number of aromatic nitrogens is 5. The lowest BCUT2D eigenvalue weighted by atomic mass is 9.90. The Hall–Kier alpha value is -3.89. The van der Waals surface area contributed by atoms with Crippen LogP contribution in [0.25, 0.3) is 0 Å². The maximum absolute atomic E-state index is 13.4. The summed E-state index contributed by atoms with van der Waals surface area (Å²) in [6, 6.07) is 1.96. The lowest BCUT2D eigenvalue weighted by Crippen LogP contribution is -2.54. The lowest BCUT2D eigenvalue weighted by Gasteiger charge is -2.40. The van der Waals surface area contributed by atoms with Crippen molar-refractivity contribution in [1.82, 2.24) is 29.6 Å². The first kappa shape index (κ1) is 27.7. The fourth-order valence-corrected chi connectivity index (χ4v) is 6.07. The summed E-state index contributed by atoms with van der Waals surface area (Å²) < 4.78 is 3.90. The molecule has 214 valence electrons. The molecule has 40 heavy (non-hydrogen) atoms. The molecule has 1 aliphatic heterocycles. The Balaban J connectivity index is 1.33. The summed E-state index contributed by atoms with van der Waals surface area (Å²) in [5.74, 6) is 0.637. The quantitative estimate of drug-likeness (QED) is 0.393. The third-order valence-electron chi connectivity index (χ3n) is 8.04. The molecule has 0 bridgehead atoms. The molecule has 1 fully saturated rings. The van der Waals surface area contributed by atoms with Crippen LogP contribution in [0.4, 0.5) is 17.3 Å². The van der Waals surface area contributed by atoms with Gasteiger partial charge in [-0.3, -0.25) is 14.3 Å². The van der Waals surface area contributed by atoms with Crippen molar-refractivity contribution < 1.29 is 9.59 Å². The summed E-state index contributed by atoms with van der Waals surface area (Å²) in [6.45, 7) is 12.4. The molecular weight excluding hydrogens is 506 g/mol. The molecule has 0 unspecified atom stereocenters. The van der Waals surface area contributed by atoms with Gasteiger partial charge in [0.05, 0.1) is 18.1 Å². The summed E-state index contributed by atoms with van der Waals surface area (Å²) >= 11 is 0. The van der Waals surface area contributed by atoms with Gasteiger partial charge in [-0.25, -0.2) is 9.97 Å². The monoisotopic (exact) mass is 547 g/mol. The second kappa shape index (κ2) is 10.6. The fraction of sp³-hybridized carbons (Fsp3) is 0.552. The molecule has 4 N–H and O–H groups in total. The smallest absolute Gasteiger partial charge is 0.271 e. The van der Waals surface area contributed by atoms with Crippen molar-refractivity contribution >= 4 is 29.1 Å². The second-order valence-corrected chi connectivity index (χ2v) is 12.5. The number of nitrogens with one attached hydrogen (secondary N) is 2. The first-order valence-corrected chi connectivity index (χ1v) is 14.1. The summed E-state index contributed by atoms with van der Waals surface area (Å²) in [6.07, 6.45) is 8.87. The predicted molar refractivity (Wildman–Crippen MR) is 155 cm³/mol. The number of hydrogen-bond donors (Lipinski definition) is 3. The number of amides is 2. The molecule has 5 rings (SSSR count). The minimum Gasteiger partial charge on any atom is -0.364 e. The van der Waals surface area contributed by atoms with Crippen LogP contribution in [0.2, 0.25) is 0 Å². The van der Waals surface area contributed by atoms with E-state index in [1.807, 2.05) is 17.9 Å². The van der Waals surface area contributed by atoms with Gasteiger partial charge < -0.3 is 25.8 Å². The highest BCUT2D eigenvalue weighted by Crippen LogP contribution is 2.37. The van der Waals surface area contributed by atoms with Crippen LogP contribution in [0.1, 0.15) is 79.7 Å².